The second kappa shape index (κ2) is 11.6. The van der Waals surface area contributed by atoms with Gasteiger partial charge in [0, 0.05) is 17.9 Å². The molecule has 0 unspecified atom stereocenters. The number of amides is 1. The Kier molecular flexibility index (Phi) is 8.84. The van der Waals surface area contributed by atoms with E-state index in [1.54, 1.807) is 18.2 Å². The lowest BCUT2D eigenvalue weighted by molar-refractivity contribution is -0.136. The highest BCUT2D eigenvalue weighted by Gasteiger charge is 2.16. The van der Waals surface area contributed by atoms with Crippen molar-refractivity contribution in [3.63, 3.8) is 0 Å². The van der Waals surface area contributed by atoms with E-state index in [1.807, 2.05) is 26.0 Å². The number of carboxylic acid groups (broad SMARTS) is 1. The van der Waals surface area contributed by atoms with Crippen LogP contribution in [0.2, 0.25) is 5.02 Å². The first kappa shape index (κ1) is 24.4. The summed E-state index contributed by atoms with van der Waals surface area (Å²) in [6.45, 7) is 5.33. The molecule has 1 heterocycles. The van der Waals surface area contributed by atoms with E-state index in [0.717, 1.165) is 59.4 Å². The number of hydrogen-bond acceptors (Lipinski definition) is 5. The topological polar surface area (TPSA) is 84.9 Å². The van der Waals surface area contributed by atoms with E-state index >= 15 is 0 Å². The first-order chi connectivity index (χ1) is 15.3. The fourth-order valence-corrected chi connectivity index (χ4v) is 4.63. The van der Waals surface area contributed by atoms with Crippen LogP contribution in [0, 0.1) is 13.8 Å². The van der Waals surface area contributed by atoms with Gasteiger partial charge in [0.15, 0.2) is 0 Å². The Morgan fingerprint density at radius 1 is 1.22 bits per heavy atom. The minimum Gasteiger partial charge on any atom is -0.493 e. The molecule has 32 heavy (non-hydrogen) atoms. The molecular weight excluding hydrogens is 450 g/mol. The normalized spacial score (nSPS) is 15.9. The summed E-state index contributed by atoms with van der Waals surface area (Å²) >= 11 is 7.25. The standard InChI is InChI=1S/C24H28ClNO5S/c1-15-11-19(31-10-8-18-5-3-4-9-30-18)12-16(2)23(15)32-24(29)26-21-13-17(14-22(27)28)6-7-20(21)25/h6-7,11-13,18H,3-5,8-10,14H2,1-2H3,(H,26,29)(H,27,28)/t18-/m1/s1. The number of carbonyl (C=O) groups is 2. The Morgan fingerprint density at radius 3 is 2.62 bits per heavy atom. The smallest absolute Gasteiger partial charge is 0.307 e. The number of thioether (sulfide) groups is 1. The van der Waals surface area contributed by atoms with Gasteiger partial charge in [0.05, 0.1) is 29.8 Å². The Bertz CT molecular complexity index is 952. The summed E-state index contributed by atoms with van der Waals surface area (Å²) < 4.78 is 11.7. The van der Waals surface area contributed by atoms with Gasteiger partial charge < -0.3 is 19.9 Å². The van der Waals surface area contributed by atoms with Gasteiger partial charge in [-0.1, -0.05) is 17.7 Å². The molecule has 6 nitrogen and oxygen atoms in total. The zero-order chi connectivity index (χ0) is 23.1. The zero-order valence-corrected chi connectivity index (χ0v) is 19.9. The van der Waals surface area contributed by atoms with Crippen LogP contribution in [0.25, 0.3) is 0 Å². The number of benzene rings is 2. The summed E-state index contributed by atoms with van der Waals surface area (Å²) in [5.74, 6) is -0.163. The maximum atomic E-state index is 12.6. The van der Waals surface area contributed by atoms with Gasteiger partial charge in [0.25, 0.3) is 5.24 Å². The number of ether oxygens (including phenoxy) is 2. The number of aryl methyl sites for hydroxylation is 2. The van der Waals surface area contributed by atoms with E-state index in [9.17, 15) is 9.59 Å². The summed E-state index contributed by atoms with van der Waals surface area (Å²) in [4.78, 5) is 24.4. The van der Waals surface area contributed by atoms with Crippen molar-refractivity contribution in [1.82, 2.24) is 0 Å². The number of nitrogens with one attached hydrogen (secondary N) is 1. The number of halogens is 1. The van der Waals surface area contributed by atoms with E-state index in [1.165, 1.54) is 6.42 Å². The summed E-state index contributed by atoms with van der Waals surface area (Å²) in [7, 11) is 0. The van der Waals surface area contributed by atoms with Crippen LogP contribution in [0.1, 0.15) is 42.4 Å². The average molecular weight is 478 g/mol. The Labute approximate surface area is 197 Å². The molecule has 0 bridgehead atoms. The van der Waals surface area contributed by atoms with Crippen molar-refractivity contribution in [3.8, 4) is 5.75 Å². The van der Waals surface area contributed by atoms with Crippen molar-refractivity contribution >= 4 is 40.3 Å². The summed E-state index contributed by atoms with van der Waals surface area (Å²) in [5, 5.41) is 11.8. The van der Waals surface area contributed by atoms with E-state index < -0.39 is 5.97 Å². The van der Waals surface area contributed by atoms with Gasteiger partial charge in [-0.15, -0.1) is 0 Å². The van der Waals surface area contributed by atoms with Gasteiger partial charge in [0.1, 0.15) is 5.75 Å². The fraction of sp³-hybridized carbons (Fsp3) is 0.417. The van der Waals surface area contributed by atoms with E-state index in [-0.39, 0.29) is 17.8 Å². The van der Waals surface area contributed by atoms with Crippen molar-refractivity contribution in [2.45, 2.75) is 57.0 Å². The molecule has 3 rings (SSSR count). The molecule has 1 fully saturated rings. The molecule has 2 aromatic carbocycles. The molecule has 172 valence electrons. The van der Waals surface area contributed by atoms with Gasteiger partial charge in [-0.2, -0.15) is 0 Å². The van der Waals surface area contributed by atoms with Crippen LogP contribution in [0.4, 0.5) is 10.5 Å². The first-order valence-electron chi connectivity index (χ1n) is 10.7. The van der Waals surface area contributed by atoms with Crippen molar-refractivity contribution in [3.05, 3.63) is 52.0 Å². The summed E-state index contributed by atoms with van der Waals surface area (Å²) in [5.41, 5.74) is 2.84. The molecular formula is C24H28ClNO5S. The van der Waals surface area contributed by atoms with Crippen LogP contribution >= 0.6 is 23.4 Å². The molecule has 2 aromatic rings. The second-order valence-electron chi connectivity index (χ2n) is 7.91. The molecule has 1 aliphatic heterocycles. The second-order valence-corrected chi connectivity index (χ2v) is 9.30. The predicted molar refractivity (Wildman–Crippen MR) is 127 cm³/mol. The quantitative estimate of drug-likeness (QED) is 0.437. The average Bonchev–Trinajstić information content (AvgIpc) is 2.73. The fourth-order valence-electron chi connectivity index (χ4n) is 3.68. The summed E-state index contributed by atoms with van der Waals surface area (Å²) in [6.07, 6.45) is 4.47. The maximum absolute atomic E-state index is 12.6. The third-order valence-electron chi connectivity index (χ3n) is 5.23. The van der Waals surface area contributed by atoms with Crippen molar-refractivity contribution in [2.75, 3.05) is 18.5 Å². The molecule has 0 aromatic heterocycles. The minimum atomic E-state index is -0.946. The highest BCUT2D eigenvalue weighted by Crippen LogP contribution is 2.33. The Morgan fingerprint density at radius 2 is 1.97 bits per heavy atom. The largest absolute Gasteiger partial charge is 0.493 e. The van der Waals surface area contributed by atoms with Crippen LogP contribution in [-0.2, 0) is 16.0 Å². The predicted octanol–water partition coefficient (Wildman–Crippen LogP) is 6.25. The molecule has 2 N–H and O–H groups in total. The number of rotatable bonds is 8. The Balaban J connectivity index is 1.59. The van der Waals surface area contributed by atoms with Gasteiger partial charge in [-0.25, -0.2) is 0 Å². The Hall–Kier alpha value is -2.22. The number of carbonyl (C=O) groups excluding carboxylic acids is 1. The van der Waals surface area contributed by atoms with Crippen LogP contribution in [0.3, 0.4) is 0 Å². The highest BCUT2D eigenvalue weighted by atomic mass is 35.5. The molecule has 0 radical (unpaired) electrons. The van der Waals surface area contributed by atoms with Crippen LogP contribution in [0.5, 0.6) is 5.75 Å². The monoisotopic (exact) mass is 477 g/mol. The highest BCUT2D eigenvalue weighted by molar-refractivity contribution is 8.14. The molecule has 1 atom stereocenters. The van der Waals surface area contributed by atoms with Crippen LogP contribution in [-0.4, -0.2) is 35.6 Å². The number of hydrogen-bond donors (Lipinski definition) is 2. The van der Waals surface area contributed by atoms with Gasteiger partial charge in [-0.3, -0.25) is 9.59 Å². The van der Waals surface area contributed by atoms with Crippen LogP contribution in [0.15, 0.2) is 35.2 Å². The minimum absolute atomic E-state index is 0.139. The number of carboxylic acids is 1. The molecule has 8 heteroatoms. The first-order valence-corrected chi connectivity index (χ1v) is 11.9. The van der Waals surface area contributed by atoms with Gasteiger partial charge in [0.2, 0.25) is 0 Å². The molecule has 0 saturated carbocycles. The van der Waals surface area contributed by atoms with E-state index in [0.29, 0.717) is 22.9 Å². The molecule has 0 spiro atoms. The van der Waals surface area contributed by atoms with Crippen molar-refractivity contribution < 1.29 is 24.2 Å². The molecule has 1 saturated heterocycles. The van der Waals surface area contributed by atoms with E-state index in [2.05, 4.69) is 5.32 Å². The summed E-state index contributed by atoms with van der Waals surface area (Å²) in [6, 6.07) is 8.67. The number of anilines is 1. The lowest BCUT2D eigenvalue weighted by atomic mass is 10.1. The van der Waals surface area contributed by atoms with E-state index in [4.69, 9.17) is 26.2 Å². The van der Waals surface area contributed by atoms with Crippen molar-refractivity contribution in [2.24, 2.45) is 0 Å². The number of aliphatic carboxylic acids is 1. The zero-order valence-electron chi connectivity index (χ0n) is 18.3. The van der Waals surface area contributed by atoms with Crippen LogP contribution < -0.4 is 10.1 Å². The third kappa shape index (κ3) is 7.15. The third-order valence-corrected chi connectivity index (χ3v) is 6.70. The molecule has 1 aliphatic rings. The molecule has 1 amide bonds. The van der Waals surface area contributed by atoms with Crippen molar-refractivity contribution in [1.29, 1.82) is 0 Å². The SMILES string of the molecule is Cc1cc(OCC[C@H]2CCCCO2)cc(C)c1SC(=O)Nc1cc(CC(=O)O)ccc1Cl. The molecule has 0 aliphatic carbocycles. The van der Waals surface area contributed by atoms with Gasteiger partial charge in [-0.05, 0) is 85.8 Å². The lowest BCUT2D eigenvalue weighted by Gasteiger charge is -2.22. The van der Waals surface area contributed by atoms with Gasteiger partial charge >= 0.3 is 5.97 Å². The maximum Gasteiger partial charge on any atom is 0.307 e. The lowest BCUT2D eigenvalue weighted by Crippen LogP contribution is -2.21.